The third-order valence-corrected chi connectivity index (χ3v) is 8.99. The number of rotatable bonds is 7. The number of thioether (sulfide) groups is 1. The Morgan fingerprint density at radius 3 is 2.50 bits per heavy atom. The number of ether oxygens (including phenoxy) is 1. The molecule has 28 heavy (non-hydrogen) atoms. The molecule has 5 aliphatic rings. The maximum atomic E-state index is 12.5. The van der Waals surface area contributed by atoms with Crippen LogP contribution in [-0.4, -0.2) is 63.5 Å². The molecule has 5 rings (SSSR count). The minimum atomic E-state index is -0.152. The van der Waals surface area contributed by atoms with Gasteiger partial charge in [0.15, 0.2) is 0 Å². The van der Waals surface area contributed by atoms with Crippen molar-refractivity contribution in [2.75, 3.05) is 12.4 Å². The molecule has 4 aliphatic carbocycles. The molecule has 158 valence electrons. The van der Waals surface area contributed by atoms with Crippen LogP contribution in [0.25, 0.3) is 0 Å². The van der Waals surface area contributed by atoms with Crippen molar-refractivity contribution in [2.45, 2.75) is 91.2 Å². The van der Waals surface area contributed by atoms with Crippen LogP contribution in [0.3, 0.4) is 0 Å². The zero-order valence-corrected chi connectivity index (χ0v) is 18.5. The summed E-state index contributed by atoms with van der Waals surface area (Å²) in [6.07, 6.45) is 5.83. The summed E-state index contributed by atoms with van der Waals surface area (Å²) in [6, 6.07) is -0.100. The molecule has 1 saturated heterocycles. The maximum Gasteiger partial charge on any atom is 0.246 e. The predicted molar refractivity (Wildman–Crippen MR) is 112 cm³/mol. The fourth-order valence-corrected chi connectivity index (χ4v) is 6.76. The van der Waals surface area contributed by atoms with Crippen LogP contribution in [0.15, 0.2) is 0 Å². The van der Waals surface area contributed by atoms with E-state index < -0.39 is 0 Å². The van der Waals surface area contributed by atoms with Gasteiger partial charge in [0, 0.05) is 16.8 Å². The van der Waals surface area contributed by atoms with Crippen LogP contribution in [0, 0.1) is 0 Å². The Kier molecular flexibility index (Phi) is 6.12. The van der Waals surface area contributed by atoms with Crippen LogP contribution in [0.1, 0.15) is 51.9 Å². The van der Waals surface area contributed by atoms with E-state index in [1.54, 1.807) is 0 Å². The molecule has 0 spiro atoms. The summed E-state index contributed by atoms with van der Waals surface area (Å²) in [4.78, 5) is 24.8. The first kappa shape index (κ1) is 21.0. The highest BCUT2D eigenvalue weighted by Gasteiger charge is 2.69. The van der Waals surface area contributed by atoms with Gasteiger partial charge in [-0.3, -0.25) is 14.9 Å². The number of halogens is 2. The molecule has 0 aromatic rings. The minimum absolute atomic E-state index is 0.00522. The number of hydrogen-bond donors (Lipinski definition) is 3. The van der Waals surface area contributed by atoms with Gasteiger partial charge >= 0.3 is 0 Å². The fourth-order valence-electron chi connectivity index (χ4n) is 5.04. The Bertz CT molecular complexity index is 618. The summed E-state index contributed by atoms with van der Waals surface area (Å²) in [5.41, 5.74) is -0.271. The quantitative estimate of drug-likeness (QED) is 0.518. The van der Waals surface area contributed by atoms with E-state index in [2.05, 4.69) is 22.9 Å². The summed E-state index contributed by atoms with van der Waals surface area (Å²) in [5, 5.41) is 9.97. The van der Waals surface area contributed by atoms with Crippen molar-refractivity contribution in [3.63, 3.8) is 0 Å². The van der Waals surface area contributed by atoms with Gasteiger partial charge < -0.3 is 15.4 Å². The second kappa shape index (κ2) is 8.14. The Morgan fingerprint density at radius 1 is 1.14 bits per heavy atom. The van der Waals surface area contributed by atoms with Crippen LogP contribution < -0.4 is 16.0 Å². The monoisotopic (exact) mass is 449 g/mol. The first-order valence-electron chi connectivity index (χ1n) is 10.2. The van der Waals surface area contributed by atoms with Gasteiger partial charge in [0.2, 0.25) is 11.8 Å². The standard InChI is InChI=1S/C19H29Cl2N3O3S/c1-2-16-22-14(7-28-16)17(26)24-19-8-18(9-19,10-19)23-15(25)6-27-11-3-4-12(20)13(21)5-11/h11-14,16,22H,2-10H2,1H3,(H,23,25)(H,24,26). The lowest BCUT2D eigenvalue weighted by molar-refractivity contribution is -0.153. The molecule has 1 heterocycles. The summed E-state index contributed by atoms with van der Waals surface area (Å²) in [5.74, 6) is 0.837. The first-order chi connectivity index (χ1) is 13.3. The molecule has 5 unspecified atom stereocenters. The van der Waals surface area contributed by atoms with E-state index in [1.165, 1.54) is 0 Å². The molecular weight excluding hydrogens is 421 g/mol. The topological polar surface area (TPSA) is 79.5 Å². The van der Waals surface area contributed by atoms with E-state index in [0.717, 1.165) is 44.3 Å². The lowest BCUT2D eigenvalue weighted by Gasteiger charge is -2.70. The van der Waals surface area contributed by atoms with E-state index in [4.69, 9.17) is 27.9 Å². The number of amides is 2. The zero-order chi connectivity index (χ0) is 19.9. The van der Waals surface area contributed by atoms with Crippen molar-refractivity contribution in [2.24, 2.45) is 0 Å². The van der Waals surface area contributed by atoms with E-state index in [9.17, 15) is 9.59 Å². The van der Waals surface area contributed by atoms with Crippen LogP contribution in [0.2, 0.25) is 0 Å². The van der Waals surface area contributed by atoms with Gasteiger partial charge in [-0.2, -0.15) is 0 Å². The Hall–Kier alpha value is -0.210. The Labute approximate surface area is 180 Å². The van der Waals surface area contributed by atoms with Crippen LogP contribution >= 0.6 is 35.0 Å². The van der Waals surface area contributed by atoms with Crippen molar-refractivity contribution in [3.8, 4) is 0 Å². The third-order valence-electron chi connectivity index (χ3n) is 6.46. The number of carbonyl (C=O) groups excluding carboxylic acids is 2. The Morgan fingerprint density at radius 2 is 1.86 bits per heavy atom. The summed E-state index contributed by atoms with van der Waals surface area (Å²) < 4.78 is 5.74. The van der Waals surface area contributed by atoms with E-state index in [-0.39, 0.29) is 52.4 Å². The molecule has 4 saturated carbocycles. The molecular formula is C19H29Cl2N3O3S. The highest BCUT2D eigenvalue weighted by Crippen LogP contribution is 2.60. The summed E-state index contributed by atoms with van der Waals surface area (Å²) >= 11 is 14.1. The fraction of sp³-hybridized carbons (Fsp3) is 0.895. The van der Waals surface area contributed by atoms with Crippen LogP contribution in [0.4, 0.5) is 0 Å². The molecule has 2 amide bonds. The molecule has 0 aromatic carbocycles. The van der Waals surface area contributed by atoms with Gasteiger partial charge in [-0.1, -0.05) is 6.92 Å². The van der Waals surface area contributed by atoms with Gasteiger partial charge in [0.1, 0.15) is 6.61 Å². The molecule has 5 atom stereocenters. The zero-order valence-electron chi connectivity index (χ0n) is 16.1. The van der Waals surface area contributed by atoms with Crippen LogP contribution in [0.5, 0.6) is 0 Å². The van der Waals surface area contributed by atoms with Crippen molar-refractivity contribution in [1.29, 1.82) is 0 Å². The van der Waals surface area contributed by atoms with Gasteiger partial charge in [-0.15, -0.1) is 35.0 Å². The van der Waals surface area contributed by atoms with Crippen molar-refractivity contribution >= 4 is 46.8 Å². The average molecular weight is 450 g/mol. The predicted octanol–water partition coefficient (Wildman–Crippen LogP) is 2.12. The molecule has 2 bridgehead atoms. The van der Waals surface area contributed by atoms with Gasteiger partial charge in [-0.25, -0.2) is 0 Å². The molecule has 3 N–H and O–H groups in total. The Balaban J connectivity index is 1.15. The summed E-state index contributed by atoms with van der Waals surface area (Å²) in [6.45, 7) is 2.18. The van der Waals surface area contributed by atoms with Crippen LogP contribution in [-0.2, 0) is 14.3 Å². The molecule has 9 heteroatoms. The minimum Gasteiger partial charge on any atom is -0.368 e. The summed E-state index contributed by atoms with van der Waals surface area (Å²) in [7, 11) is 0. The van der Waals surface area contributed by atoms with E-state index >= 15 is 0 Å². The van der Waals surface area contributed by atoms with E-state index in [1.807, 2.05) is 11.8 Å². The number of hydrogen-bond acceptors (Lipinski definition) is 5. The second-order valence-corrected chi connectivity index (χ2v) is 11.2. The molecule has 0 radical (unpaired) electrons. The normalized spacial score (nSPS) is 44.3. The third kappa shape index (κ3) is 4.29. The highest BCUT2D eigenvalue weighted by atomic mass is 35.5. The second-order valence-electron chi connectivity index (χ2n) is 8.86. The number of carbonyl (C=O) groups is 2. The highest BCUT2D eigenvalue weighted by molar-refractivity contribution is 8.00. The molecule has 1 aliphatic heterocycles. The maximum absolute atomic E-state index is 12.5. The SMILES string of the molecule is CCC1NC(C(=O)NC23CC(NC(=O)COC4CCC(Cl)C(Cl)C4)(C2)C3)CS1. The number of alkyl halides is 2. The lowest BCUT2D eigenvalue weighted by atomic mass is 9.44. The largest absolute Gasteiger partial charge is 0.368 e. The van der Waals surface area contributed by atoms with Gasteiger partial charge in [0.25, 0.3) is 0 Å². The van der Waals surface area contributed by atoms with Crippen molar-refractivity contribution in [3.05, 3.63) is 0 Å². The van der Waals surface area contributed by atoms with Crippen molar-refractivity contribution in [1.82, 2.24) is 16.0 Å². The number of nitrogens with one attached hydrogen (secondary N) is 3. The van der Waals surface area contributed by atoms with Crippen molar-refractivity contribution < 1.29 is 14.3 Å². The lowest BCUT2D eigenvalue weighted by Crippen LogP contribution is -2.84. The van der Waals surface area contributed by atoms with E-state index in [0.29, 0.717) is 11.8 Å². The molecule has 6 nitrogen and oxygen atoms in total. The van der Waals surface area contributed by atoms with Gasteiger partial charge in [-0.05, 0) is 44.9 Å². The smallest absolute Gasteiger partial charge is 0.246 e. The first-order valence-corrected chi connectivity index (χ1v) is 12.1. The van der Waals surface area contributed by atoms with Gasteiger partial charge in [0.05, 0.1) is 28.3 Å². The average Bonchev–Trinajstić information content (AvgIpc) is 3.09. The molecule has 0 aromatic heterocycles. The molecule has 5 fully saturated rings.